The first-order valence-corrected chi connectivity index (χ1v) is 8.75. The van der Waals surface area contributed by atoms with E-state index in [-0.39, 0.29) is 16.9 Å². The number of nitrogens with one attached hydrogen (secondary N) is 1. The third-order valence-electron chi connectivity index (χ3n) is 4.33. The minimum absolute atomic E-state index is 0.0237. The van der Waals surface area contributed by atoms with Crippen LogP contribution in [-0.4, -0.2) is 37.7 Å². The quantitative estimate of drug-likeness (QED) is 0.398. The normalized spacial score (nSPS) is 11.9. The molecule has 150 valence electrons. The summed E-state index contributed by atoms with van der Waals surface area (Å²) in [6.07, 6.45) is -1.18. The van der Waals surface area contributed by atoms with Gasteiger partial charge in [-0.2, -0.15) is 5.10 Å². The number of fused-ring (bicyclic) bond motifs is 1. The zero-order chi connectivity index (χ0) is 21.3. The standard InChI is InChI=1S/C19H19N5O5/c1-10-9-13(16-11(2)22-23(4)17(16)20-10)19(26)29-12(3)18(25)21-14-7-5-6-8-15(14)24(27)28/h5-9,12H,1-4H3,(H,21,25). The SMILES string of the molecule is Cc1cc(C(=O)OC(C)C(=O)Nc2ccccc2[N+](=O)[O-])c2c(C)nn(C)c2n1. The number of amides is 1. The maximum Gasteiger partial charge on any atom is 0.339 e. The van der Waals surface area contributed by atoms with Gasteiger partial charge < -0.3 is 10.1 Å². The van der Waals surface area contributed by atoms with E-state index in [0.29, 0.717) is 22.4 Å². The number of anilines is 1. The van der Waals surface area contributed by atoms with Gasteiger partial charge in [-0.05, 0) is 32.9 Å². The summed E-state index contributed by atoms with van der Waals surface area (Å²) in [5.41, 5.74) is 1.77. The molecule has 10 heteroatoms. The van der Waals surface area contributed by atoms with Crippen LogP contribution < -0.4 is 5.32 Å². The number of pyridine rings is 1. The molecule has 1 N–H and O–H groups in total. The second-order valence-electron chi connectivity index (χ2n) is 6.53. The minimum Gasteiger partial charge on any atom is -0.449 e. The molecular formula is C19H19N5O5. The third kappa shape index (κ3) is 3.91. The van der Waals surface area contributed by atoms with Gasteiger partial charge in [-0.1, -0.05) is 12.1 Å². The number of nitro benzene ring substituents is 1. The van der Waals surface area contributed by atoms with Gasteiger partial charge in [-0.3, -0.25) is 19.6 Å². The van der Waals surface area contributed by atoms with Crippen molar-refractivity contribution in [2.45, 2.75) is 26.9 Å². The molecule has 0 saturated carbocycles. The maximum atomic E-state index is 12.7. The van der Waals surface area contributed by atoms with E-state index >= 15 is 0 Å². The van der Waals surface area contributed by atoms with Gasteiger partial charge in [-0.15, -0.1) is 0 Å². The van der Waals surface area contributed by atoms with Gasteiger partial charge in [-0.25, -0.2) is 9.78 Å². The Morgan fingerprint density at radius 2 is 1.97 bits per heavy atom. The smallest absolute Gasteiger partial charge is 0.339 e. The number of benzene rings is 1. The van der Waals surface area contributed by atoms with Crippen LogP contribution in [0.3, 0.4) is 0 Å². The second-order valence-corrected chi connectivity index (χ2v) is 6.53. The van der Waals surface area contributed by atoms with Gasteiger partial charge in [0.15, 0.2) is 11.8 Å². The number of ether oxygens (including phenoxy) is 1. The molecule has 2 aromatic heterocycles. The van der Waals surface area contributed by atoms with Crippen molar-refractivity contribution in [3.8, 4) is 0 Å². The number of nitrogens with zero attached hydrogens (tertiary/aromatic N) is 4. The zero-order valence-electron chi connectivity index (χ0n) is 16.3. The van der Waals surface area contributed by atoms with Crippen LogP contribution >= 0.6 is 0 Å². The molecular weight excluding hydrogens is 378 g/mol. The van der Waals surface area contributed by atoms with Crippen molar-refractivity contribution < 1.29 is 19.2 Å². The molecule has 0 radical (unpaired) electrons. The van der Waals surface area contributed by atoms with Crippen LogP contribution in [0.15, 0.2) is 30.3 Å². The average Bonchev–Trinajstić information content (AvgIpc) is 2.94. The number of para-hydroxylation sites is 2. The van der Waals surface area contributed by atoms with Crippen LogP contribution in [0.25, 0.3) is 11.0 Å². The minimum atomic E-state index is -1.18. The summed E-state index contributed by atoms with van der Waals surface area (Å²) in [7, 11) is 1.72. The van der Waals surface area contributed by atoms with E-state index in [4.69, 9.17) is 4.74 Å². The first-order valence-electron chi connectivity index (χ1n) is 8.75. The Morgan fingerprint density at radius 1 is 1.28 bits per heavy atom. The maximum absolute atomic E-state index is 12.7. The van der Waals surface area contributed by atoms with Crippen molar-refractivity contribution in [1.82, 2.24) is 14.8 Å². The fourth-order valence-corrected chi connectivity index (χ4v) is 2.98. The van der Waals surface area contributed by atoms with E-state index in [1.54, 1.807) is 37.7 Å². The Balaban J connectivity index is 1.82. The van der Waals surface area contributed by atoms with E-state index in [0.717, 1.165) is 0 Å². The molecule has 0 aliphatic heterocycles. The number of aryl methyl sites for hydroxylation is 3. The molecule has 0 spiro atoms. The van der Waals surface area contributed by atoms with Crippen molar-refractivity contribution in [3.63, 3.8) is 0 Å². The summed E-state index contributed by atoms with van der Waals surface area (Å²) in [4.78, 5) is 40.0. The number of nitro groups is 1. The molecule has 29 heavy (non-hydrogen) atoms. The predicted octanol–water partition coefficient (Wildman–Crippen LogP) is 2.68. The zero-order valence-corrected chi connectivity index (χ0v) is 16.3. The number of hydrogen-bond donors (Lipinski definition) is 1. The van der Waals surface area contributed by atoms with E-state index in [1.165, 1.54) is 25.1 Å². The Labute approximate surface area is 165 Å². The number of rotatable bonds is 5. The lowest BCUT2D eigenvalue weighted by Gasteiger charge is -2.14. The first-order chi connectivity index (χ1) is 13.7. The van der Waals surface area contributed by atoms with Crippen molar-refractivity contribution in [3.05, 3.63) is 57.4 Å². The highest BCUT2D eigenvalue weighted by molar-refractivity contribution is 6.05. The Morgan fingerprint density at radius 3 is 2.66 bits per heavy atom. The molecule has 0 aliphatic rings. The Hall–Kier alpha value is -3.82. The molecule has 0 fully saturated rings. The van der Waals surface area contributed by atoms with Crippen LogP contribution in [0, 0.1) is 24.0 Å². The van der Waals surface area contributed by atoms with Gasteiger partial charge in [0.05, 0.1) is 21.6 Å². The molecule has 2 heterocycles. The summed E-state index contributed by atoms with van der Waals surface area (Å²) in [5.74, 6) is -1.39. The number of esters is 1. The first kappa shape index (κ1) is 19.9. The van der Waals surface area contributed by atoms with Crippen LogP contribution in [0.1, 0.15) is 28.7 Å². The van der Waals surface area contributed by atoms with E-state index in [1.807, 2.05) is 0 Å². The van der Waals surface area contributed by atoms with Crippen LogP contribution in [0.2, 0.25) is 0 Å². The Kier molecular flexibility index (Phi) is 5.26. The molecule has 3 aromatic rings. The van der Waals surface area contributed by atoms with Crippen LogP contribution in [0.5, 0.6) is 0 Å². The van der Waals surface area contributed by atoms with Gasteiger partial charge in [0, 0.05) is 18.8 Å². The molecule has 1 unspecified atom stereocenters. The molecule has 0 aliphatic carbocycles. The highest BCUT2D eigenvalue weighted by Gasteiger charge is 2.25. The molecule has 3 rings (SSSR count). The molecule has 10 nitrogen and oxygen atoms in total. The van der Waals surface area contributed by atoms with Gasteiger partial charge >= 0.3 is 5.97 Å². The summed E-state index contributed by atoms with van der Waals surface area (Å²) in [5, 5.41) is 18.3. The monoisotopic (exact) mass is 397 g/mol. The van der Waals surface area contributed by atoms with E-state index in [2.05, 4.69) is 15.4 Å². The average molecular weight is 397 g/mol. The number of carbonyl (C=O) groups excluding carboxylic acids is 2. The van der Waals surface area contributed by atoms with E-state index < -0.39 is 22.9 Å². The van der Waals surface area contributed by atoms with Crippen molar-refractivity contribution in [1.29, 1.82) is 0 Å². The number of hydrogen-bond acceptors (Lipinski definition) is 7. The Bertz CT molecular complexity index is 1140. The lowest BCUT2D eigenvalue weighted by Crippen LogP contribution is -2.30. The molecule has 1 atom stereocenters. The fraction of sp³-hybridized carbons (Fsp3) is 0.263. The molecule has 0 bridgehead atoms. The highest BCUT2D eigenvalue weighted by Crippen LogP contribution is 2.25. The predicted molar refractivity (Wildman–Crippen MR) is 105 cm³/mol. The van der Waals surface area contributed by atoms with Crippen molar-refractivity contribution in [2.75, 3.05) is 5.32 Å². The largest absolute Gasteiger partial charge is 0.449 e. The fourth-order valence-electron chi connectivity index (χ4n) is 2.98. The topological polar surface area (TPSA) is 129 Å². The summed E-state index contributed by atoms with van der Waals surface area (Å²) >= 11 is 0. The molecule has 0 saturated heterocycles. The lowest BCUT2D eigenvalue weighted by atomic mass is 10.1. The second kappa shape index (κ2) is 7.66. The summed E-state index contributed by atoms with van der Waals surface area (Å²) in [6, 6.07) is 7.30. The highest BCUT2D eigenvalue weighted by atomic mass is 16.6. The summed E-state index contributed by atoms with van der Waals surface area (Å²) in [6.45, 7) is 4.88. The van der Waals surface area contributed by atoms with Crippen LogP contribution in [-0.2, 0) is 16.6 Å². The lowest BCUT2D eigenvalue weighted by molar-refractivity contribution is -0.383. The molecule has 1 aromatic carbocycles. The van der Waals surface area contributed by atoms with Gasteiger partial charge in [0.2, 0.25) is 0 Å². The van der Waals surface area contributed by atoms with Crippen LogP contribution in [0.4, 0.5) is 11.4 Å². The molecule has 1 amide bonds. The van der Waals surface area contributed by atoms with Crippen molar-refractivity contribution in [2.24, 2.45) is 7.05 Å². The number of aromatic nitrogens is 3. The van der Waals surface area contributed by atoms with Gasteiger partial charge in [0.1, 0.15) is 5.69 Å². The van der Waals surface area contributed by atoms with Crippen molar-refractivity contribution >= 4 is 34.3 Å². The number of carbonyl (C=O) groups is 2. The summed E-state index contributed by atoms with van der Waals surface area (Å²) < 4.78 is 6.88. The van der Waals surface area contributed by atoms with Gasteiger partial charge in [0.25, 0.3) is 11.6 Å². The van der Waals surface area contributed by atoms with E-state index in [9.17, 15) is 19.7 Å². The third-order valence-corrected chi connectivity index (χ3v) is 4.33.